The molecule has 0 spiro atoms. The van der Waals surface area contributed by atoms with E-state index in [9.17, 15) is 60.0 Å². The van der Waals surface area contributed by atoms with Crippen LogP contribution in [0.1, 0.15) is 0 Å². The Balaban J connectivity index is -0.0000000620. The van der Waals surface area contributed by atoms with Crippen LogP contribution in [0, 0.1) is 0 Å². The van der Waals surface area contributed by atoms with Crippen molar-refractivity contribution in [2.75, 3.05) is 91.6 Å². The normalized spacial score (nSPS) is 25.1. The Morgan fingerprint density at radius 1 is 0.510 bits per heavy atom. The zero-order valence-corrected chi connectivity index (χ0v) is 36.5. The van der Waals surface area contributed by atoms with Crippen molar-refractivity contribution in [1.29, 1.82) is 0 Å². The second-order valence-electron chi connectivity index (χ2n) is 10.9. The molecule has 2 saturated heterocycles. The largest absolute Gasteiger partial charge is 1.00 e. The molecule has 14 N–H and O–H groups in total. The summed E-state index contributed by atoms with van der Waals surface area (Å²) >= 11 is 1.64. The average molecular weight is 838 g/mol. The van der Waals surface area contributed by atoms with Crippen LogP contribution >= 0.6 is 47.0 Å². The number of carbonyl (C=O) groups excluding carboxylic acids is 4. The van der Waals surface area contributed by atoms with Gasteiger partial charge in [-0.3, -0.25) is 0 Å². The third-order valence-corrected chi connectivity index (χ3v) is 11.0. The number of carboxylic acids is 4. The molecule has 4 unspecified atom stereocenters. The molecule has 0 aromatic carbocycles. The summed E-state index contributed by atoms with van der Waals surface area (Å²) in [7, 11) is 12.3. The third kappa shape index (κ3) is 29.2. The zero-order chi connectivity index (χ0) is 33.8. The minimum absolute atomic E-state index is 0. The maximum atomic E-state index is 10.4. The van der Waals surface area contributed by atoms with Gasteiger partial charge in [0.05, 0.1) is 79.4 Å². The maximum Gasteiger partial charge on any atom is 1.00 e. The zero-order valence-electron chi connectivity index (χ0n) is 28.5. The van der Waals surface area contributed by atoms with Crippen LogP contribution in [0.2, 0.25) is 0 Å². The van der Waals surface area contributed by atoms with Crippen molar-refractivity contribution >= 4 is 70.9 Å². The SMILES string of the molecule is C[N+](C)(C)CCO.C[N+](C)(C)CCO.O.O.O.O.O=C([O-])C1(O)CSC(O)(C(=O)[O-])CS1.O=C([O-])C1(O)CSC(O)(C(=O)[O-])CS1.[Cl-].[Na+].[Na+]. The summed E-state index contributed by atoms with van der Waals surface area (Å²) in [6.07, 6.45) is 0. The molecule has 0 aromatic rings. The standard InChI is InChI=1S/2C6H8O6S2.2C5H14NO.ClH.2Na.4H2O/c2*7-3(8)5(11)1-13-6(12,2-14-5)4(9)10;2*1-6(2,3)4-5-7;;;;;;;/h2*11-12H,1-2H2,(H,7,8)(H,9,10);2*7H,4-5H2,1-3H3;1H;;;4*1H2/q;;2*+1;;2*+1;;;;/p-5. The number of carboxylic acid groups (broad SMARTS) is 4. The van der Waals surface area contributed by atoms with Gasteiger partial charge in [0.1, 0.15) is 13.1 Å². The summed E-state index contributed by atoms with van der Waals surface area (Å²) in [6, 6.07) is 0. The van der Waals surface area contributed by atoms with E-state index >= 15 is 0 Å². The number of halogens is 1. The Morgan fingerprint density at radius 3 is 0.694 bits per heavy atom. The van der Waals surface area contributed by atoms with E-state index in [0.29, 0.717) is 47.0 Å². The Hall–Kier alpha value is 1.09. The fraction of sp³-hybridized carbons (Fsp3) is 0.818. The van der Waals surface area contributed by atoms with Gasteiger partial charge in [0, 0.05) is 23.0 Å². The van der Waals surface area contributed by atoms with Gasteiger partial charge >= 0.3 is 59.1 Å². The molecule has 2 aliphatic heterocycles. The molecule has 27 heteroatoms. The number of thioether (sulfide) groups is 4. The van der Waals surface area contributed by atoms with Gasteiger partial charge in [-0.25, -0.2) is 0 Å². The van der Waals surface area contributed by atoms with Crippen molar-refractivity contribution in [2.45, 2.75) is 19.7 Å². The minimum atomic E-state index is -2.15. The molecule has 0 aliphatic carbocycles. The van der Waals surface area contributed by atoms with Crippen molar-refractivity contribution in [2.24, 2.45) is 0 Å². The van der Waals surface area contributed by atoms with E-state index in [2.05, 4.69) is 42.3 Å². The van der Waals surface area contributed by atoms with E-state index < -0.39 is 66.6 Å². The summed E-state index contributed by atoms with van der Waals surface area (Å²) in [4.78, 5) is 33.1. The molecule has 2 rings (SSSR count). The first-order valence-electron chi connectivity index (χ1n) is 11.9. The van der Waals surface area contributed by atoms with Gasteiger partial charge in [0.15, 0.2) is 19.7 Å². The molecule has 2 fully saturated rings. The number of carbonyl (C=O) groups is 4. The molecule has 0 aromatic heterocycles. The number of aliphatic carboxylic acids is 4. The van der Waals surface area contributed by atoms with Crippen molar-refractivity contribution in [3.05, 3.63) is 0 Å². The first-order valence-corrected chi connectivity index (χ1v) is 15.8. The van der Waals surface area contributed by atoms with Gasteiger partial charge in [-0.05, 0) is 0 Å². The number of quaternary nitrogens is 2. The van der Waals surface area contributed by atoms with Crippen molar-refractivity contribution in [1.82, 2.24) is 0 Å². The smallest absolute Gasteiger partial charge is 1.00 e. The molecule has 0 bridgehead atoms. The number of aliphatic hydroxyl groups excluding tert-OH is 2. The van der Waals surface area contributed by atoms with E-state index in [1.165, 1.54) is 0 Å². The van der Waals surface area contributed by atoms with Crippen molar-refractivity contribution < 1.29 is 173 Å². The molecule has 4 atom stereocenters. The summed E-state index contributed by atoms with van der Waals surface area (Å²) in [5.74, 6) is -8.67. The topological polar surface area (TPSA) is 408 Å². The van der Waals surface area contributed by atoms with Gasteiger partial charge < -0.3 is 114 Å². The van der Waals surface area contributed by atoms with Gasteiger partial charge in [0.25, 0.3) is 0 Å². The van der Waals surface area contributed by atoms with E-state index in [1.807, 2.05) is 0 Å². The van der Waals surface area contributed by atoms with Crippen LogP contribution in [-0.4, -0.2) is 197 Å². The van der Waals surface area contributed by atoms with E-state index in [0.717, 1.165) is 22.1 Å². The number of aliphatic hydroxyl groups is 6. The molecular weight excluding hydrogens is 790 g/mol. The van der Waals surface area contributed by atoms with Crippen LogP contribution in [0.25, 0.3) is 0 Å². The Bertz CT molecular complexity index is 791. The summed E-state index contributed by atoms with van der Waals surface area (Å²) < 4.78 is 1.69. The van der Waals surface area contributed by atoms with Crippen molar-refractivity contribution in [3.8, 4) is 0 Å². The predicted molar refractivity (Wildman–Crippen MR) is 164 cm³/mol. The number of nitrogens with zero attached hydrogens (tertiary/aromatic N) is 2. The average Bonchev–Trinajstić information content (AvgIpc) is 2.82. The number of likely N-dealkylation sites (N-methyl/N-ethyl adjacent to an activating group) is 2. The van der Waals surface area contributed by atoms with Gasteiger partial charge in [0.2, 0.25) is 0 Å². The van der Waals surface area contributed by atoms with Crippen LogP contribution in [0.3, 0.4) is 0 Å². The van der Waals surface area contributed by atoms with E-state index in [4.69, 9.17) is 10.2 Å². The molecule has 49 heavy (non-hydrogen) atoms. The summed E-state index contributed by atoms with van der Waals surface area (Å²) in [5, 5.41) is 95.7. The van der Waals surface area contributed by atoms with Gasteiger partial charge in [-0.1, -0.05) is 0 Å². The minimum Gasteiger partial charge on any atom is -1.00 e. The number of hydrogen-bond donors (Lipinski definition) is 6. The first-order chi connectivity index (χ1) is 18.7. The monoisotopic (exact) mass is 837 g/mol. The second kappa shape index (κ2) is 30.4. The fourth-order valence-corrected chi connectivity index (χ4v) is 6.83. The number of rotatable bonds is 8. The fourth-order valence-electron chi connectivity index (χ4n) is 2.11. The Kier molecular flexibility index (Phi) is 44.4. The molecule has 2 aliphatic rings. The number of hydrogen-bond acceptors (Lipinski definition) is 18. The Morgan fingerprint density at radius 2 is 0.653 bits per heavy atom. The van der Waals surface area contributed by atoms with Gasteiger partial charge in [-0.2, -0.15) is 0 Å². The molecule has 0 radical (unpaired) electrons. The van der Waals surface area contributed by atoms with Crippen LogP contribution in [0.5, 0.6) is 0 Å². The Labute approximate surface area is 351 Å². The molecule has 20 nitrogen and oxygen atoms in total. The molecule has 0 saturated carbocycles. The second-order valence-corrected chi connectivity index (χ2v) is 15.9. The summed E-state index contributed by atoms with van der Waals surface area (Å²) in [5.41, 5.74) is 0. The van der Waals surface area contributed by atoms with Crippen molar-refractivity contribution in [3.63, 3.8) is 0 Å². The van der Waals surface area contributed by atoms with Crippen LogP contribution < -0.4 is 91.9 Å². The maximum absolute atomic E-state index is 10.4. The molecule has 0 amide bonds. The van der Waals surface area contributed by atoms with Crippen LogP contribution in [0.15, 0.2) is 0 Å². The van der Waals surface area contributed by atoms with E-state index in [1.54, 1.807) is 0 Å². The summed E-state index contributed by atoms with van der Waals surface area (Å²) in [6.45, 7) is 2.23. The molecule has 2 heterocycles. The van der Waals surface area contributed by atoms with Gasteiger partial charge in [-0.15, -0.1) is 47.0 Å². The first kappa shape index (κ1) is 71.5. The molecular formula is C22H48ClN2Na2O18S4-. The van der Waals surface area contributed by atoms with Crippen LogP contribution in [0.4, 0.5) is 0 Å². The predicted octanol–water partition coefficient (Wildman–Crippen LogP) is -20.2. The van der Waals surface area contributed by atoms with E-state index in [-0.39, 0.29) is 107 Å². The molecule has 288 valence electrons. The third-order valence-electron chi connectivity index (χ3n) is 4.84. The quantitative estimate of drug-likeness (QED) is 0.0976. The van der Waals surface area contributed by atoms with Crippen LogP contribution in [-0.2, 0) is 19.2 Å².